The van der Waals surface area contributed by atoms with Crippen molar-refractivity contribution in [2.75, 3.05) is 0 Å². The summed E-state index contributed by atoms with van der Waals surface area (Å²) in [6.07, 6.45) is 1.69. The van der Waals surface area contributed by atoms with Crippen LogP contribution < -0.4 is 11.3 Å². The molecule has 1 aromatic carbocycles. The molecule has 0 aliphatic carbocycles. The van der Waals surface area contributed by atoms with Crippen LogP contribution in [-0.4, -0.2) is 36.9 Å². The van der Waals surface area contributed by atoms with Crippen LogP contribution in [0.1, 0.15) is 46.6 Å². The van der Waals surface area contributed by atoms with Gasteiger partial charge in [0.2, 0.25) is 0 Å². The molecule has 180 valence electrons. The topological polar surface area (TPSA) is 131 Å². The molecule has 0 fully saturated rings. The molecule has 3 aromatic heterocycles. The first kappa shape index (κ1) is 24.2. The van der Waals surface area contributed by atoms with Crippen molar-refractivity contribution in [3.05, 3.63) is 105 Å². The fourth-order valence-corrected chi connectivity index (χ4v) is 4.09. The molecule has 1 amide bonds. The summed E-state index contributed by atoms with van der Waals surface area (Å²) in [5.41, 5.74) is 5.99. The van der Waals surface area contributed by atoms with Crippen LogP contribution in [-0.2, 0) is 18.4 Å². The van der Waals surface area contributed by atoms with Crippen molar-refractivity contribution >= 4 is 16.9 Å². The quantitative estimate of drug-likeness (QED) is 0.351. The van der Waals surface area contributed by atoms with Gasteiger partial charge in [0.25, 0.3) is 11.5 Å². The fourth-order valence-electron chi connectivity index (χ4n) is 4.09. The highest BCUT2D eigenvalue weighted by atomic mass is 19.1. The largest absolute Gasteiger partial charge is 0.367 e. The van der Waals surface area contributed by atoms with E-state index in [-0.39, 0.29) is 29.0 Å². The molecule has 0 aliphatic rings. The van der Waals surface area contributed by atoms with Gasteiger partial charge in [0.15, 0.2) is 6.29 Å². The maximum atomic E-state index is 13.6. The summed E-state index contributed by atoms with van der Waals surface area (Å²) in [5.74, 6) is -1.34. The Balaban J connectivity index is 2.01. The highest BCUT2D eigenvalue weighted by Crippen LogP contribution is 2.33. The number of carbonyl (C=O) groups excluding carboxylic acids is 1. The highest BCUT2D eigenvalue weighted by Gasteiger charge is 2.37. The number of aliphatic hydroxyl groups is 2. The Labute approximate surface area is 200 Å². The Morgan fingerprint density at radius 1 is 1.11 bits per heavy atom. The molecule has 0 unspecified atom stereocenters. The SMILES string of the molecule is CC(C)(c1c(C(N)=O)c(=O)n(Cc2ccccn2)c2cc(Cc3ccc(F)cc3)cnc12)C(O)O. The molecule has 0 bridgehead atoms. The molecule has 8 nitrogen and oxygen atoms in total. The van der Waals surface area contributed by atoms with Crippen LogP contribution in [0.2, 0.25) is 0 Å². The van der Waals surface area contributed by atoms with Crippen molar-refractivity contribution in [3.63, 3.8) is 0 Å². The Morgan fingerprint density at radius 3 is 2.43 bits per heavy atom. The smallest absolute Gasteiger partial charge is 0.264 e. The second-order valence-corrected chi connectivity index (χ2v) is 8.94. The molecular formula is C26H25FN4O4. The summed E-state index contributed by atoms with van der Waals surface area (Å²) < 4.78 is 14.7. The third kappa shape index (κ3) is 4.68. The molecule has 0 saturated heterocycles. The Morgan fingerprint density at radius 2 is 1.83 bits per heavy atom. The van der Waals surface area contributed by atoms with Crippen LogP contribution in [0.25, 0.3) is 11.0 Å². The highest BCUT2D eigenvalue weighted by molar-refractivity contribution is 5.99. The van der Waals surface area contributed by atoms with E-state index in [1.54, 1.807) is 48.8 Å². The average Bonchev–Trinajstić information content (AvgIpc) is 2.82. The van der Waals surface area contributed by atoms with Gasteiger partial charge in [0.05, 0.1) is 23.3 Å². The van der Waals surface area contributed by atoms with E-state index in [0.717, 1.165) is 11.1 Å². The number of halogens is 1. The lowest BCUT2D eigenvalue weighted by molar-refractivity contribution is -0.0888. The van der Waals surface area contributed by atoms with Gasteiger partial charge in [-0.15, -0.1) is 0 Å². The first-order valence-corrected chi connectivity index (χ1v) is 11.0. The summed E-state index contributed by atoms with van der Waals surface area (Å²) in [6, 6.07) is 13.1. The van der Waals surface area contributed by atoms with E-state index in [1.165, 1.54) is 30.5 Å². The summed E-state index contributed by atoms with van der Waals surface area (Å²) >= 11 is 0. The number of hydrogen-bond acceptors (Lipinski definition) is 6. The number of hydrogen-bond donors (Lipinski definition) is 3. The number of aromatic nitrogens is 3. The zero-order chi connectivity index (χ0) is 25.3. The van der Waals surface area contributed by atoms with Crippen molar-refractivity contribution in [2.45, 2.75) is 38.5 Å². The number of nitrogens with zero attached hydrogens (tertiary/aromatic N) is 3. The van der Waals surface area contributed by atoms with Gasteiger partial charge in [-0.1, -0.05) is 32.0 Å². The van der Waals surface area contributed by atoms with E-state index >= 15 is 0 Å². The third-order valence-electron chi connectivity index (χ3n) is 6.06. The van der Waals surface area contributed by atoms with Crippen LogP contribution >= 0.6 is 0 Å². The first-order valence-electron chi connectivity index (χ1n) is 11.0. The number of aliphatic hydroxyl groups excluding tert-OH is 1. The molecule has 0 aliphatic heterocycles. The van der Waals surface area contributed by atoms with Gasteiger partial charge in [-0.3, -0.25) is 24.1 Å². The van der Waals surface area contributed by atoms with Gasteiger partial charge in [0.1, 0.15) is 11.4 Å². The molecule has 35 heavy (non-hydrogen) atoms. The molecule has 4 rings (SSSR count). The Kier molecular flexibility index (Phi) is 6.47. The second-order valence-electron chi connectivity index (χ2n) is 8.94. The van der Waals surface area contributed by atoms with E-state index in [0.29, 0.717) is 17.6 Å². The number of nitrogens with two attached hydrogens (primary N) is 1. The molecule has 9 heteroatoms. The minimum atomic E-state index is -1.89. The molecule has 3 heterocycles. The number of carbonyl (C=O) groups is 1. The zero-order valence-electron chi connectivity index (χ0n) is 19.3. The summed E-state index contributed by atoms with van der Waals surface area (Å²) in [5, 5.41) is 20.2. The molecule has 0 atom stereocenters. The molecule has 4 N–H and O–H groups in total. The minimum absolute atomic E-state index is 0.0422. The number of pyridine rings is 3. The lowest BCUT2D eigenvalue weighted by Gasteiger charge is -2.30. The second kappa shape index (κ2) is 9.36. The minimum Gasteiger partial charge on any atom is -0.367 e. The maximum absolute atomic E-state index is 13.6. The summed E-state index contributed by atoms with van der Waals surface area (Å²) in [6.45, 7) is 3.03. The van der Waals surface area contributed by atoms with Crippen molar-refractivity contribution in [2.24, 2.45) is 5.73 Å². The van der Waals surface area contributed by atoms with Gasteiger partial charge in [0, 0.05) is 23.4 Å². The van der Waals surface area contributed by atoms with Gasteiger partial charge in [-0.25, -0.2) is 4.39 Å². The van der Waals surface area contributed by atoms with Crippen molar-refractivity contribution < 1.29 is 19.4 Å². The summed E-state index contributed by atoms with van der Waals surface area (Å²) in [7, 11) is 0. The van der Waals surface area contributed by atoms with Crippen LogP contribution in [0.4, 0.5) is 4.39 Å². The van der Waals surface area contributed by atoms with Gasteiger partial charge >= 0.3 is 0 Å². The number of benzene rings is 1. The van der Waals surface area contributed by atoms with Gasteiger partial charge in [-0.05, 0) is 47.9 Å². The summed E-state index contributed by atoms with van der Waals surface area (Å²) in [4.78, 5) is 34.9. The van der Waals surface area contributed by atoms with Gasteiger partial charge < -0.3 is 15.9 Å². The van der Waals surface area contributed by atoms with E-state index in [4.69, 9.17) is 5.73 Å². The lowest BCUT2D eigenvalue weighted by Crippen LogP contribution is -2.41. The van der Waals surface area contributed by atoms with Crippen molar-refractivity contribution in [1.29, 1.82) is 0 Å². The number of fused-ring (bicyclic) bond motifs is 1. The van der Waals surface area contributed by atoms with Crippen molar-refractivity contribution in [3.8, 4) is 0 Å². The Bertz CT molecular complexity index is 1450. The predicted octanol–water partition coefficient (Wildman–Crippen LogP) is 2.26. The first-order chi connectivity index (χ1) is 16.6. The van der Waals surface area contributed by atoms with E-state index in [2.05, 4.69) is 9.97 Å². The molecule has 4 aromatic rings. The number of amides is 1. The Hall–Kier alpha value is -3.95. The van der Waals surface area contributed by atoms with E-state index < -0.39 is 23.2 Å². The van der Waals surface area contributed by atoms with Crippen LogP contribution in [0.5, 0.6) is 0 Å². The predicted molar refractivity (Wildman–Crippen MR) is 128 cm³/mol. The molecular weight excluding hydrogens is 451 g/mol. The monoisotopic (exact) mass is 476 g/mol. The average molecular weight is 477 g/mol. The standard InChI is InChI=1S/C26H25FN4O4/c1-26(2,25(34)35)21-20(23(28)32)24(33)31(14-18-5-3-4-10-29-18)19-12-16(13-30-22(19)21)11-15-6-8-17(27)9-7-15/h3-10,12-13,25,34-35H,11,14H2,1-2H3,(H2,28,32). The maximum Gasteiger partial charge on any atom is 0.264 e. The zero-order valence-corrected chi connectivity index (χ0v) is 19.3. The fraction of sp³-hybridized carbons (Fsp3) is 0.231. The normalized spacial score (nSPS) is 11.8. The molecule has 0 spiro atoms. The van der Waals surface area contributed by atoms with Crippen LogP contribution in [0.3, 0.4) is 0 Å². The van der Waals surface area contributed by atoms with Crippen molar-refractivity contribution in [1.82, 2.24) is 14.5 Å². The molecule has 0 saturated carbocycles. The lowest BCUT2D eigenvalue weighted by atomic mass is 9.80. The van der Waals surface area contributed by atoms with Gasteiger partial charge in [-0.2, -0.15) is 0 Å². The van der Waals surface area contributed by atoms with Crippen LogP contribution in [0.15, 0.2) is 65.7 Å². The van der Waals surface area contributed by atoms with E-state index in [9.17, 15) is 24.2 Å². The molecule has 0 radical (unpaired) electrons. The van der Waals surface area contributed by atoms with E-state index in [1.807, 2.05) is 0 Å². The van der Waals surface area contributed by atoms with Crippen LogP contribution in [0, 0.1) is 5.82 Å². The number of primary amides is 1. The number of rotatable bonds is 7. The third-order valence-corrected chi connectivity index (χ3v) is 6.06.